The summed E-state index contributed by atoms with van der Waals surface area (Å²) in [6.07, 6.45) is 1.73. The summed E-state index contributed by atoms with van der Waals surface area (Å²) < 4.78 is 2.40. The van der Waals surface area contributed by atoms with E-state index in [1.165, 1.54) is 0 Å². The van der Waals surface area contributed by atoms with Crippen LogP contribution < -0.4 is 5.32 Å². The van der Waals surface area contributed by atoms with Gasteiger partial charge in [-0.2, -0.15) is 4.98 Å². The van der Waals surface area contributed by atoms with Gasteiger partial charge in [0, 0.05) is 10.7 Å². The molecule has 98 valence electrons. The fourth-order valence-electron chi connectivity index (χ4n) is 1.42. The van der Waals surface area contributed by atoms with Gasteiger partial charge in [0.05, 0.1) is 19.8 Å². The van der Waals surface area contributed by atoms with Gasteiger partial charge in [-0.15, -0.1) is 5.10 Å². The maximum atomic E-state index is 9.20. The summed E-state index contributed by atoms with van der Waals surface area (Å²) in [5, 5.41) is 34.5. The first-order valence-corrected chi connectivity index (χ1v) is 6.04. The lowest BCUT2D eigenvalue weighted by Crippen LogP contribution is -2.49. The highest BCUT2D eigenvalue weighted by Gasteiger charge is 2.29. The van der Waals surface area contributed by atoms with Crippen molar-refractivity contribution in [1.82, 2.24) is 14.6 Å². The van der Waals surface area contributed by atoms with Crippen molar-refractivity contribution in [3.63, 3.8) is 0 Å². The third-order valence-electron chi connectivity index (χ3n) is 2.58. The molecule has 4 N–H and O–H groups in total. The fourth-order valence-corrected chi connectivity index (χ4v) is 1.74. The highest BCUT2D eigenvalue weighted by atomic mass is 79.9. The fraction of sp³-hybridized carbons (Fsp3) is 0.400. The lowest BCUT2D eigenvalue weighted by molar-refractivity contribution is 0.0828. The van der Waals surface area contributed by atoms with Crippen LogP contribution in [0.4, 0.5) is 5.95 Å². The molecule has 0 spiro atoms. The summed E-state index contributed by atoms with van der Waals surface area (Å²) in [5.74, 6) is 0.227. The molecule has 0 aliphatic rings. The van der Waals surface area contributed by atoms with Gasteiger partial charge in [-0.1, -0.05) is 0 Å². The third-order valence-corrected chi connectivity index (χ3v) is 3.05. The minimum atomic E-state index is -1.23. The number of aliphatic hydroxyl groups is 3. The van der Waals surface area contributed by atoms with E-state index in [1.54, 1.807) is 16.8 Å². The molecule has 18 heavy (non-hydrogen) atoms. The van der Waals surface area contributed by atoms with Gasteiger partial charge in [0.15, 0.2) is 5.65 Å². The normalized spacial score (nSPS) is 12.0. The van der Waals surface area contributed by atoms with Gasteiger partial charge in [0.25, 0.3) is 0 Å². The maximum absolute atomic E-state index is 9.20. The van der Waals surface area contributed by atoms with Crippen LogP contribution in [0, 0.1) is 0 Å². The first-order chi connectivity index (χ1) is 8.62. The van der Waals surface area contributed by atoms with E-state index in [4.69, 9.17) is 0 Å². The Hall–Kier alpha value is -1.22. The predicted octanol–water partition coefficient (Wildman–Crippen LogP) is -0.381. The predicted molar refractivity (Wildman–Crippen MR) is 68.3 cm³/mol. The van der Waals surface area contributed by atoms with Crippen LogP contribution in [0.5, 0.6) is 0 Å². The Morgan fingerprint density at radius 1 is 1.22 bits per heavy atom. The minimum absolute atomic E-state index is 0.227. The summed E-state index contributed by atoms with van der Waals surface area (Å²) in [5.41, 5.74) is -0.620. The number of halogens is 1. The van der Waals surface area contributed by atoms with Gasteiger partial charge >= 0.3 is 0 Å². The second-order valence-corrected chi connectivity index (χ2v) is 4.88. The second kappa shape index (κ2) is 5.19. The zero-order chi connectivity index (χ0) is 13.2. The largest absolute Gasteiger partial charge is 0.394 e. The molecule has 0 unspecified atom stereocenters. The van der Waals surface area contributed by atoms with Crippen molar-refractivity contribution in [3.8, 4) is 0 Å². The third kappa shape index (κ3) is 2.46. The van der Waals surface area contributed by atoms with E-state index in [2.05, 4.69) is 31.3 Å². The number of aliphatic hydroxyl groups excluding tert-OH is 3. The van der Waals surface area contributed by atoms with E-state index in [9.17, 15) is 15.3 Å². The van der Waals surface area contributed by atoms with Crippen LogP contribution in [0.1, 0.15) is 0 Å². The summed E-state index contributed by atoms with van der Waals surface area (Å²) in [6, 6.07) is 3.59. The van der Waals surface area contributed by atoms with Crippen molar-refractivity contribution < 1.29 is 15.3 Å². The molecule has 0 saturated carbocycles. The van der Waals surface area contributed by atoms with Crippen LogP contribution in [0.15, 0.2) is 22.8 Å². The Labute approximate surface area is 111 Å². The first-order valence-electron chi connectivity index (χ1n) is 5.25. The minimum Gasteiger partial charge on any atom is -0.394 e. The van der Waals surface area contributed by atoms with E-state index < -0.39 is 25.4 Å². The Bertz CT molecular complexity index is 533. The molecule has 0 bridgehead atoms. The van der Waals surface area contributed by atoms with Crippen LogP contribution in [0.2, 0.25) is 0 Å². The summed E-state index contributed by atoms with van der Waals surface area (Å²) in [6.45, 7) is -1.29. The number of pyridine rings is 1. The summed E-state index contributed by atoms with van der Waals surface area (Å²) in [7, 11) is 0. The van der Waals surface area contributed by atoms with Crippen LogP contribution in [-0.4, -0.2) is 55.3 Å². The number of hydrogen-bond acceptors (Lipinski definition) is 6. The molecule has 0 aliphatic carbocycles. The number of nitrogens with one attached hydrogen (secondary N) is 1. The lowest BCUT2D eigenvalue weighted by Gasteiger charge is -2.27. The topological polar surface area (TPSA) is 103 Å². The SMILES string of the molecule is OCC(CO)(CO)Nc1nc2ccc(Br)cn2n1. The van der Waals surface area contributed by atoms with Gasteiger partial charge in [-0.25, -0.2) is 4.52 Å². The number of rotatable bonds is 5. The molecule has 0 amide bonds. The van der Waals surface area contributed by atoms with Gasteiger partial charge in [-0.05, 0) is 28.1 Å². The Morgan fingerprint density at radius 3 is 2.50 bits per heavy atom. The van der Waals surface area contributed by atoms with Crippen molar-refractivity contribution in [1.29, 1.82) is 0 Å². The zero-order valence-electron chi connectivity index (χ0n) is 9.41. The second-order valence-electron chi connectivity index (χ2n) is 3.97. The molecule has 0 aromatic carbocycles. The molecule has 0 aliphatic heterocycles. The smallest absolute Gasteiger partial charge is 0.243 e. The zero-order valence-corrected chi connectivity index (χ0v) is 11.0. The molecule has 2 aromatic heterocycles. The number of anilines is 1. The first kappa shape index (κ1) is 13.2. The molecule has 0 radical (unpaired) electrons. The van der Waals surface area contributed by atoms with Crippen molar-refractivity contribution >= 4 is 27.5 Å². The molecule has 8 heteroatoms. The Morgan fingerprint density at radius 2 is 1.89 bits per heavy atom. The van der Waals surface area contributed by atoms with E-state index >= 15 is 0 Å². The maximum Gasteiger partial charge on any atom is 0.243 e. The van der Waals surface area contributed by atoms with Gasteiger partial charge in [0.2, 0.25) is 5.95 Å². The molecule has 7 nitrogen and oxygen atoms in total. The summed E-state index contributed by atoms with van der Waals surface area (Å²) >= 11 is 3.32. The van der Waals surface area contributed by atoms with Gasteiger partial charge in [-0.3, -0.25) is 0 Å². The number of hydrogen-bond donors (Lipinski definition) is 4. The molecular weight excluding hydrogens is 304 g/mol. The van der Waals surface area contributed by atoms with E-state index in [0.717, 1.165) is 4.47 Å². The molecule has 2 heterocycles. The molecule has 0 saturated heterocycles. The van der Waals surface area contributed by atoms with Crippen molar-refractivity contribution in [3.05, 3.63) is 22.8 Å². The highest BCUT2D eigenvalue weighted by molar-refractivity contribution is 9.10. The Kier molecular flexibility index (Phi) is 3.81. The average Bonchev–Trinajstić information content (AvgIpc) is 2.77. The van der Waals surface area contributed by atoms with Crippen molar-refractivity contribution in [2.75, 3.05) is 25.1 Å². The van der Waals surface area contributed by atoms with E-state index in [-0.39, 0.29) is 5.95 Å². The molecule has 2 aromatic rings. The summed E-state index contributed by atoms with van der Waals surface area (Å²) in [4.78, 5) is 4.17. The van der Waals surface area contributed by atoms with Crippen molar-refractivity contribution in [2.45, 2.75) is 5.54 Å². The number of aromatic nitrogens is 3. The van der Waals surface area contributed by atoms with Gasteiger partial charge < -0.3 is 20.6 Å². The van der Waals surface area contributed by atoms with E-state index in [0.29, 0.717) is 5.65 Å². The van der Waals surface area contributed by atoms with Crippen LogP contribution in [0.25, 0.3) is 5.65 Å². The molecular formula is C10H13BrN4O3. The standard InChI is InChI=1S/C10H13BrN4O3/c11-7-1-2-8-12-9(14-15(8)3-7)13-10(4-16,5-17)6-18/h1-3,16-18H,4-6H2,(H,13,14). The van der Waals surface area contributed by atoms with Crippen LogP contribution in [-0.2, 0) is 0 Å². The Balaban J connectivity index is 2.31. The van der Waals surface area contributed by atoms with Gasteiger partial charge in [0.1, 0.15) is 5.54 Å². The molecule has 2 rings (SSSR count). The average molecular weight is 317 g/mol. The lowest BCUT2D eigenvalue weighted by atomic mass is 10.0. The van der Waals surface area contributed by atoms with Crippen molar-refractivity contribution in [2.24, 2.45) is 0 Å². The van der Waals surface area contributed by atoms with Crippen LogP contribution in [0.3, 0.4) is 0 Å². The van der Waals surface area contributed by atoms with E-state index in [1.807, 2.05) is 6.07 Å². The number of nitrogens with zero attached hydrogens (tertiary/aromatic N) is 3. The molecule has 0 atom stereocenters. The number of fused-ring (bicyclic) bond motifs is 1. The highest BCUT2D eigenvalue weighted by Crippen LogP contribution is 2.15. The quantitative estimate of drug-likeness (QED) is 0.599. The molecule has 0 fully saturated rings. The monoisotopic (exact) mass is 316 g/mol. The van der Waals surface area contributed by atoms with Crippen LogP contribution >= 0.6 is 15.9 Å².